The largest absolute Gasteiger partial charge is 0.488 e. The molecule has 0 bridgehead atoms. The van der Waals surface area contributed by atoms with E-state index in [0.717, 1.165) is 12.1 Å². The van der Waals surface area contributed by atoms with Crippen molar-refractivity contribution in [2.24, 2.45) is 0 Å². The minimum absolute atomic E-state index is 0.0147. The van der Waals surface area contributed by atoms with Gasteiger partial charge in [-0.05, 0) is 61.6 Å². The van der Waals surface area contributed by atoms with Crippen LogP contribution in [0.25, 0.3) is 0 Å². The van der Waals surface area contributed by atoms with Crippen LogP contribution in [0.4, 0.5) is 10.1 Å². The summed E-state index contributed by atoms with van der Waals surface area (Å²) in [6.07, 6.45) is 0. The van der Waals surface area contributed by atoms with Crippen molar-refractivity contribution in [3.63, 3.8) is 0 Å². The quantitative estimate of drug-likeness (QED) is 0.587. The third kappa shape index (κ3) is 3.69. The molecule has 0 aromatic heterocycles. The normalized spacial score (nSPS) is 10.4. The van der Waals surface area contributed by atoms with Gasteiger partial charge in [-0.1, -0.05) is 6.07 Å². The van der Waals surface area contributed by atoms with Crippen LogP contribution in [-0.2, 0) is 0 Å². The molecule has 0 spiro atoms. The Kier molecular flexibility index (Phi) is 5.16. The van der Waals surface area contributed by atoms with Gasteiger partial charge >= 0.3 is 7.12 Å². The summed E-state index contributed by atoms with van der Waals surface area (Å²) in [7, 11) is -1.79. The summed E-state index contributed by atoms with van der Waals surface area (Å²) in [6.45, 7) is 4.97. The Morgan fingerprint density at radius 1 is 1.08 bits per heavy atom. The lowest BCUT2D eigenvalue weighted by atomic mass is 9.79. The fourth-order valence-electron chi connectivity index (χ4n) is 2.67. The van der Waals surface area contributed by atoms with Gasteiger partial charge in [-0.15, -0.1) is 0 Å². The number of hydrogen-bond donors (Lipinski definition) is 3. The standard InChI is InChI=1S/C17H17BFNO4/c1-9-6-13(7-10(2)16(9)11(3)21)20-17(22)14-8-12(18(23)24)4-5-15(14)19/h4-8,23-24H,1-3H3,(H,20,22). The Bertz CT molecular complexity index is 797. The first-order chi connectivity index (χ1) is 11.2. The number of hydrogen-bond acceptors (Lipinski definition) is 4. The monoisotopic (exact) mass is 329 g/mol. The van der Waals surface area contributed by atoms with Crippen molar-refractivity contribution in [2.75, 3.05) is 5.32 Å². The number of aryl methyl sites for hydroxylation is 2. The summed E-state index contributed by atoms with van der Waals surface area (Å²) in [6, 6.07) is 6.53. The number of carbonyl (C=O) groups is 2. The minimum atomic E-state index is -1.79. The molecule has 0 atom stereocenters. The van der Waals surface area contributed by atoms with Crippen LogP contribution in [0.1, 0.15) is 38.8 Å². The van der Waals surface area contributed by atoms with Crippen LogP contribution in [0.15, 0.2) is 30.3 Å². The second-order valence-corrected chi connectivity index (χ2v) is 5.61. The number of carbonyl (C=O) groups excluding carboxylic acids is 2. The van der Waals surface area contributed by atoms with E-state index in [-0.39, 0.29) is 16.8 Å². The number of benzene rings is 2. The van der Waals surface area contributed by atoms with Crippen LogP contribution < -0.4 is 10.8 Å². The van der Waals surface area contributed by atoms with Gasteiger partial charge in [0.1, 0.15) is 5.82 Å². The Balaban J connectivity index is 2.34. The molecule has 0 radical (unpaired) electrons. The van der Waals surface area contributed by atoms with Gasteiger partial charge in [0.05, 0.1) is 5.56 Å². The first-order valence-corrected chi connectivity index (χ1v) is 7.30. The zero-order valence-electron chi connectivity index (χ0n) is 13.6. The molecule has 2 aromatic rings. The van der Waals surface area contributed by atoms with Crippen LogP contribution in [-0.4, -0.2) is 28.9 Å². The molecule has 0 aliphatic carbocycles. The van der Waals surface area contributed by atoms with Gasteiger partial charge in [0.25, 0.3) is 5.91 Å². The molecular weight excluding hydrogens is 312 g/mol. The van der Waals surface area contributed by atoms with Crippen molar-refractivity contribution < 1.29 is 24.0 Å². The SMILES string of the molecule is CC(=O)c1c(C)cc(NC(=O)c2cc(B(O)O)ccc2F)cc1C. The van der Waals surface area contributed by atoms with Gasteiger partial charge in [0, 0.05) is 11.3 Å². The highest BCUT2D eigenvalue weighted by Gasteiger charge is 2.18. The smallest absolute Gasteiger partial charge is 0.423 e. The molecule has 24 heavy (non-hydrogen) atoms. The highest BCUT2D eigenvalue weighted by molar-refractivity contribution is 6.58. The van der Waals surface area contributed by atoms with Gasteiger partial charge in [-0.3, -0.25) is 9.59 Å². The van der Waals surface area contributed by atoms with Gasteiger partial charge in [0.2, 0.25) is 0 Å². The summed E-state index contributed by atoms with van der Waals surface area (Å²) >= 11 is 0. The van der Waals surface area contributed by atoms with E-state index in [9.17, 15) is 14.0 Å². The molecule has 1 amide bonds. The van der Waals surface area contributed by atoms with Crippen LogP contribution >= 0.6 is 0 Å². The molecule has 0 heterocycles. The van der Waals surface area contributed by atoms with Crippen LogP contribution in [0.5, 0.6) is 0 Å². The molecule has 0 saturated carbocycles. The topological polar surface area (TPSA) is 86.6 Å². The molecular formula is C17H17BFNO4. The summed E-state index contributed by atoms with van der Waals surface area (Å²) in [5.74, 6) is -1.56. The molecule has 5 nitrogen and oxygen atoms in total. The first kappa shape index (κ1) is 17.8. The summed E-state index contributed by atoms with van der Waals surface area (Å²) in [4.78, 5) is 23.9. The van der Waals surface area contributed by atoms with E-state index in [0.29, 0.717) is 22.4 Å². The summed E-state index contributed by atoms with van der Waals surface area (Å²) in [5, 5.41) is 20.8. The Morgan fingerprint density at radius 2 is 1.67 bits per heavy atom. The Morgan fingerprint density at radius 3 is 2.17 bits per heavy atom. The number of nitrogens with one attached hydrogen (secondary N) is 1. The van der Waals surface area contributed by atoms with Crippen LogP contribution in [0.3, 0.4) is 0 Å². The van der Waals surface area contributed by atoms with Gasteiger partial charge in [0.15, 0.2) is 5.78 Å². The molecule has 124 valence electrons. The zero-order chi connectivity index (χ0) is 18.0. The van der Waals surface area contributed by atoms with Crippen molar-refractivity contribution in [1.82, 2.24) is 0 Å². The van der Waals surface area contributed by atoms with Crippen molar-refractivity contribution in [2.45, 2.75) is 20.8 Å². The molecule has 0 fully saturated rings. The fourth-order valence-corrected chi connectivity index (χ4v) is 2.67. The zero-order valence-corrected chi connectivity index (χ0v) is 13.6. The van der Waals surface area contributed by atoms with E-state index in [1.54, 1.807) is 26.0 Å². The average molecular weight is 329 g/mol. The van der Waals surface area contributed by atoms with E-state index in [2.05, 4.69) is 5.32 Å². The summed E-state index contributed by atoms with van der Waals surface area (Å²) in [5.41, 5.74) is 2.14. The number of Topliss-reactive ketones (excluding diaryl/α,β-unsaturated/α-hetero) is 1. The van der Waals surface area contributed by atoms with Crippen LogP contribution in [0.2, 0.25) is 0 Å². The molecule has 0 aliphatic rings. The second-order valence-electron chi connectivity index (χ2n) is 5.61. The fraction of sp³-hybridized carbons (Fsp3) is 0.176. The highest BCUT2D eigenvalue weighted by Crippen LogP contribution is 2.21. The van der Waals surface area contributed by atoms with Crippen molar-refractivity contribution in [1.29, 1.82) is 0 Å². The predicted octanol–water partition coefficient (Wildman–Crippen LogP) is 1.58. The lowest BCUT2D eigenvalue weighted by Gasteiger charge is -2.12. The Labute approximate surface area is 139 Å². The lowest BCUT2D eigenvalue weighted by molar-refractivity contribution is 0.101. The van der Waals surface area contributed by atoms with Gasteiger partial charge < -0.3 is 15.4 Å². The second kappa shape index (κ2) is 6.94. The summed E-state index contributed by atoms with van der Waals surface area (Å²) < 4.78 is 13.8. The molecule has 0 unspecified atom stereocenters. The molecule has 0 aliphatic heterocycles. The third-order valence-electron chi connectivity index (χ3n) is 3.68. The predicted molar refractivity (Wildman–Crippen MR) is 90.1 cm³/mol. The van der Waals surface area contributed by atoms with Gasteiger partial charge in [-0.2, -0.15) is 0 Å². The van der Waals surface area contributed by atoms with E-state index < -0.39 is 18.8 Å². The van der Waals surface area contributed by atoms with Crippen molar-refractivity contribution in [3.8, 4) is 0 Å². The molecule has 2 aromatic carbocycles. The van der Waals surface area contributed by atoms with Crippen molar-refractivity contribution >= 4 is 30.0 Å². The van der Waals surface area contributed by atoms with E-state index in [1.807, 2.05) is 0 Å². The number of anilines is 1. The van der Waals surface area contributed by atoms with Gasteiger partial charge in [-0.25, -0.2) is 4.39 Å². The maximum atomic E-state index is 13.8. The first-order valence-electron chi connectivity index (χ1n) is 7.30. The Hall–Kier alpha value is -2.51. The maximum absolute atomic E-state index is 13.8. The number of amides is 1. The van der Waals surface area contributed by atoms with E-state index in [4.69, 9.17) is 10.0 Å². The van der Waals surface area contributed by atoms with Crippen LogP contribution in [0, 0.1) is 19.7 Å². The lowest BCUT2D eigenvalue weighted by Crippen LogP contribution is -2.31. The molecule has 2 rings (SSSR count). The molecule has 0 saturated heterocycles. The maximum Gasteiger partial charge on any atom is 0.488 e. The minimum Gasteiger partial charge on any atom is -0.423 e. The highest BCUT2D eigenvalue weighted by atomic mass is 19.1. The average Bonchev–Trinajstić information content (AvgIpc) is 2.45. The number of halogens is 1. The number of ketones is 1. The van der Waals surface area contributed by atoms with E-state index >= 15 is 0 Å². The molecule has 7 heteroatoms. The molecule has 3 N–H and O–H groups in total. The third-order valence-corrected chi connectivity index (χ3v) is 3.68. The number of rotatable bonds is 4. The van der Waals surface area contributed by atoms with Crippen molar-refractivity contribution in [3.05, 3.63) is 58.4 Å². The van der Waals surface area contributed by atoms with E-state index in [1.165, 1.54) is 13.0 Å².